The standard InChI is InChI=1S/C11H25N3O/c1-5-7-10(11(15)13-12)14(8-6-2)9(3)4/h9-10H,5-8,12H2,1-4H3,(H,13,15). The molecule has 0 aliphatic carbocycles. The quantitative estimate of drug-likeness (QED) is 0.382. The lowest BCUT2D eigenvalue weighted by atomic mass is 10.1. The number of rotatable bonds is 7. The summed E-state index contributed by atoms with van der Waals surface area (Å²) in [5.74, 6) is 5.14. The van der Waals surface area contributed by atoms with Crippen molar-refractivity contribution < 1.29 is 4.79 Å². The van der Waals surface area contributed by atoms with Gasteiger partial charge in [0.25, 0.3) is 5.91 Å². The van der Waals surface area contributed by atoms with Crippen LogP contribution >= 0.6 is 0 Å². The maximum absolute atomic E-state index is 11.6. The Morgan fingerprint density at radius 2 is 1.93 bits per heavy atom. The average molecular weight is 215 g/mol. The number of hydrazine groups is 1. The molecule has 0 aromatic carbocycles. The average Bonchev–Trinajstić information content (AvgIpc) is 2.21. The van der Waals surface area contributed by atoms with Crippen molar-refractivity contribution in [1.29, 1.82) is 0 Å². The molecule has 0 bridgehead atoms. The SMILES string of the molecule is CCCC(C(=O)NN)N(CCC)C(C)C. The number of nitrogens with two attached hydrogens (primary N) is 1. The molecular weight excluding hydrogens is 190 g/mol. The summed E-state index contributed by atoms with van der Waals surface area (Å²) in [4.78, 5) is 13.9. The largest absolute Gasteiger partial charge is 0.293 e. The van der Waals surface area contributed by atoms with E-state index in [2.05, 4.69) is 38.0 Å². The molecule has 1 amide bonds. The van der Waals surface area contributed by atoms with Crippen LogP contribution in [-0.4, -0.2) is 29.4 Å². The van der Waals surface area contributed by atoms with Crippen molar-refractivity contribution >= 4 is 5.91 Å². The molecule has 0 saturated carbocycles. The van der Waals surface area contributed by atoms with Gasteiger partial charge in [-0.3, -0.25) is 15.1 Å². The summed E-state index contributed by atoms with van der Waals surface area (Å²) in [6, 6.07) is 0.291. The second-order valence-corrected chi connectivity index (χ2v) is 4.14. The molecule has 0 aromatic rings. The molecule has 4 heteroatoms. The highest BCUT2D eigenvalue weighted by molar-refractivity contribution is 5.81. The highest BCUT2D eigenvalue weighted by Gasteiger charge is 2.25. The molecule has 1 unspecified atom stereocenters. The molecule has 90 valence electrons. The van der Waals surface area contributed by atoms with Crippen molar-refractivity contribution in [2.24, 2.45) is 5.84 Å². The number of nitrogens with zero attached hydrogens (tertiary/aromatic N) is 1. The molecule has 0 fully saturated rings. The van der Waals surface area contributed by atoms with E-state index < -0.39 is 0 Å². The zero-order chi connectivity index (χ0) is 11.8. The fourth-order valence-corrected chi connectivity index (χ4v) is 1.85. The Labute approximate surface area is 93.2 Å². The van der Waals surface area contributed by atoms with E-state index in [1.807, 2.05) is 0 Å². The van der Waals surface area contributed by atoms with Crippen molar-refractivity contribution in [3.63, 3.8) is 0 Å². The molecule has 0 rings (SSSR count). The second kappa shape index (κ2) is 7.65. The van der Waals surface area contributed by atoms with Crippen LogP contribution in [0.4, 0.5) is 0 Å². The molecule has 0 heterocycles. The first-order chi connectivity index (χ1) is 7.08. The molecule has 1 atom stereocenters. The molecule has 0 saturated heterocycles. The van der Waals surface area contributed by atoms with Gasteiger partial charge in [-0.05, 0) is 33.2 Å². The zero-order valence-corrected chi connectivity index (χ0v) is 10.4. The van der Waals surface area contributed by atoms with Gasteiger partial charge in [0.2, 0.25) is 0 Å². The molecule has 0 aliphatic heterocycles. The van der Waals surface area contributed by atoms with Crippen LogP contribution in [0.5, 0.6) is 0 Å². The Morgan fingerprint density at radius 1 is 1.33 bits per heavy atom. The Kier molecular flexibility index (Phi) is 7.34. The van der Waals surface area contributed by atoms with Crippen LogP contribution in [0.15, 0.2) is 0 Å². The molecule has 4 nitrogen and oxygen atoms in total. The number of nitrogens with one attached hydrogen (secondary N) is 1. The first kappa shape index (κ1) is 14.4. The summed E-state index contributed by atoms with van der Waals surface area (Å²) in [6.45, 7) is 9.37. The van der Waals surface area contributed by atoms with Crippen LogP contribution in [0.3, 0.4) is 0 Å². The van der Waals surface area contributed by atoms with Crippen molar-refractivity contribution in [1.82, 2.24) is 10.3 Å². The fraction of sp³-hybridized carbons (Fsp3) is 0.909. The van der Waals surface area contributed by atoms with E-state index in [-0.39, 0.29) is 11.9 Å². The van der Waals surface area contributed by atoms with Gasteiger partial charge in [-0.25, -0.2) is 5.84 Å². The zero-order valence-electron chi connectivity index (χ0n) is 10.4. The Bertz CT molecular complexity index is 183. The third kappa shape index (κ3) is 4.62. The smallest absolute Gasteiger partial charge is 0.251 e. The molecular formula is C11H25N3O. The Hall–Kier alpha value is -0.610. The van der Waals surface area contributed by atoms with E-state index in [4.69, 9.17) is 5.84 Å². The van der Waals surface area contributed by atoms with Crippen LogP contribution in [-0.2, 0) is 4.79 Å². The number of carbonyl (C=O) groups excluding carboxylic acids is 1. The van der Waals surface area contributed by atoms with Gasteiger partial charge in [-0.1, -0.05) is 20.3 Å². The van der Waals surface area contributed by atoms with Gasteiger partial charge in [0.05, 0.1) is 6.04 Å². The third-order valence-corrected chi connectivity index (χ3v) is 2.55. The minimum absolute atomic E-state index is 0.0704. The van der Waals surface area contributed by atoms with Gasteiger partial charge in [-0.15, -0.1) is 0 Å². The summed E-state index contributed by atoms with van der Waals surface area (Å²) in [5, 5.41) is 0. The minimum atomic E-state index is -0.0834. The van der Waals surface area contributed by atoms with E-state index in [9.17, 15) is 4.79 Å². The van der Waals surface area contributed by atoms with E-state index >= 15 is 0 Å². The lowest BCUT2D eigenvalue weighted by Crippen LogP contribution is -2.51. The normalized spacial score (nSPS) is 13.3. The van der Waals surface area contributed by atoms with Gasteiger partial charge in [-0.2, -0.15) is 0 Å². The van der Waals surface area contributed by atoms with E-state index in [1.165, 1.54) is 0 Å². The summed E-state index contributed by atoms with van der Waals surface area (Å²) >= 11 is 0. The van der Waals surface area contributed by atoms with Gasteiger partial charge in [0.15, 0.2) is 0 Å². The second-order valence-electron chi connectivity index (χ2n) is 4.14. The highest BCUT2D eigenvalue weighted by Crippen LogP contribution is 2.12. The van der Waals surface area contributed by atoms with Crippen LogP contribution in [0.25, 0.3) is 0 Å². The number of hydrogen-bond donors (Lipinski definition) is 2. The summed E-state index contributed by atoms with van der Waals surface area (Å²) < 4.78 is 0. The predicted octanol–water partition coefficient (Wildman–Crippen LogP) is 1.27. The summed E-state index contributed by atoms with van der Waals surface area (Å²) in [7, 11) is 0. The maximum atomic E-state index is 11.6. The molecule has 0 radical (unpaired) electrons. The summed E-state index contributed by atoms with van der Waals surface area (Å²) in [6.07, 6.45) is 2.91. The lowest BCUT2D eigenvalue weighted by molar-refractivity contribution is -0.127. The molecule has 0 spiro atoms. The Morgan fingerprint density at radius 3 is 2.27 bits per heavy atom. The van der Waals surface area contributed by atoms with Gasteiger partial charge in [0, 0.05) is 6.04 Å². The van der Waals surface area contributed by atoms with Crippen molar-refractivity contribution in [3.8, 4) is 0 Å². The van der Waals surface area contributed by atoms with E-state index in [0.717, 1.165) is 25.8 Å². The first-order valence-corrected chi connectivity index (χ1v) is 5.84. The Balaban J connectivity index is 4.58. The van der Waals surface area contributed by atoms with Gasteiger partial charge < -0.3 is 0 Å². The van der Waals surface area contributed by atoms with E-state index in [0.29, 0.717) is 6.04 Å². The number of amides is 1. The first-order valence-electron chi connectivity index (χ1n) is 5.84. The predicted molar refractivity (Wildman–Crippen MR) is 63.2 cm³/mol. The molecule has 0 aliphatic rings. The monoisotopic (exact) mass is 215 g/mol. The van der Waals surface area contributed by atoms with Crippen LogP contribution in [0.2, 0.25) is 0 Å². The summed E-state index contributed by atoms with van der Waals surface area (Å²) in [5.41, 5.74) is 2.26. The maximum Gasteiger partial charge on any atom is 0.251 e. The van der Waals surface area contributed by atoms with Crippen LogP contribution in [0, 0.1) is 0 Å². The van der Waals surface area contributed by atoms with Crippen LogP contribution < -0.4 is 11.3 Å². The van der Waals surface area contributed by atoms with Crippen molar-refractivity contribution in [2.75, 3.05) is 6.54 Å². The van der Waals surface area contributed by atoms with Crippen molar-refractivity contribution in [3.05, 3.63) is 0 Å². The molecule has 0 aromatic heterocycles. The molecule has 3 N–H and O–H groups in total. The van der Waals surface area contributed by atoms with Crippen molar-refractivity contribution in [2.45, 2.75) is 59.0 Å². The topological polar surface area (TPSA) is 58.4 Å². The molecule has 15 heavy (non-hydrogen) atoms. The fourth-order valence-electron chi connectivity index (χ4n) is 1.85. The minimum Gasteiger partial charge on any atom is -0.293 e. The third-order valence-electron chi connectivity index (χ3n) is 2.55. The number of carbonyl (C=O) groups is 1. The number of hydrogen-bond acceptors (Lipinski definition) is 3. The van der Waals surface area contributed by atoms with Gasteiger partial charge in [0.1, 0.15) is 0 Å². The lowest BCUT2D eigenvalue weighted by Gasteiger charge is -2.33. The highest BCUT2D eigenvalue weighted by atomic mass is 16.2. The van der Waals surface area contributed by atoms with Crippen LogP contribution in [0.1, 0.15) is 47.0 Å². The van der Waals surface area contributed by atoms with E-state index in [1.54, 1.807) is 0 Å². The van der Waals surface area contributed by atoms with Gasteiger partial charge >= 0.3 is 0 Å².